The van der Waals surface area contributed by atoms with Gasteiger partial charge in [-0.05, 0) is 24.6 Å². The fraction of sp³-hybridized carbons (Fsp3) is 0.273. The number of imide groups is 1. The van der Waals surface area contributed by atoms with Gasteiger partial charge in [-0.25, -0.2) is 0 Å². The van der Waals surface area contributed by atoms with Crippen LogP contribution in [0.5, 0.6) is 0 Å². The summed E-state index contributed by atoms with van der Waals surface area (Å²) in [7, 11) is 0. The number of carbonyl (C=O) groups excluding carboxylic acids is 2. The molecule has 1 aromatic carbocycles. The zero-order chi connectivity index (χ0) is 12.1. The minimum absolute atomic E-state index is 0.254. The second kappa shape index (κ2) is 5.87. The topological polar surface area (TPSA) is 37.4 Å². The van der Waals surface area contributed by atoms with Crippen LogP contribution in [0, 0.1) is 0 Å². The van der Waals surface area contributed by atoms with Gasteiger partial charge in [-0.15, -0.1) is 0 Å². The highest BCUT2D eigenvalue weighted by Crippen LogP contribution is 2.27. The Balaban J connectivity index is 2.99. The van der Waals surface area contributed by atoms with Crippen molar-refractivity contribution in [2.45, 2.75) is 19.8 Å². The van der Waals surface area contributed by atoms with Crippen LogP contribution in [0.1, 0.15) is 19.8 Å². The first-order chi connectivity index (χ1) is 7.60. The maximum absolute atomic E-state index is 11.6. The zero-order valence-electron chi connectivity index (χ0n) is 8.74. The number of hydrogen-bond acceptors (Lipinski definition) is 2. The normalized spacial score (nSPS) is 9.94. The number of amides is 2. The molecule has 0 fully saturated rings. The van der Waals surface area contributed by atoms with Crippen LogP contribution in [0.25, 0.3) is 0 Å². The van der Waals surface area contributed by atoms with Crippen molar-refractivity contribution in [2.75, 3.05) is 4.90 Å². The quantitative estimate of drug-likeness (QED) is 0.779. The summed E-state index contributed by atoms with van der Waals surface area (Å²) in [5.41, 5.74) is 0.433. The van der Waals surface area contributed by atoms with Gasteiger partial charge in [-0.3, -0.25) is 14.5 Å². The lowest BCUT2D eigenvalue weighted by Crippen LogP contribution is -2.28. The van der Waals surface area contributed by atoms with Crippen molar-refractivity contribution < 1.29 is 9.59 Å². The third kappa shape index (κ3) is 2.97. The second-order valence-electron chi connectivity index (χ2n) is 3.22. The number of halogens is 2. The first-order valence-corrected chi connectivity index (χ1v) is 5.58. The second-order valence-corrected chi connectivity index (χ2v) is 4.03. The molecular weight excluding hydrogens is 249 g/mol. The number of carbonyl (C=O) groups is 2. The van der Waals surface area contributed by atoms with Gasteiger partial charge in [0.25, 0.3) is 0 Å². The van der Waals surface area contributed by atoms with Crippen LogP contribution in [-0.4, -0.2) is 12.3 Å². The molecular formula is C11H11Cl2NO2. The summed E-state index contributed by atoms with van der Waals surface area (Å²) < 4.78 is 0. The smallest absolute Gasteiger partial charge is 0.233 e. The van der Waals surface area contributed by atoms with E-state index in [4.69, 9.17) is 23.2 Å². The molecule has 0 N–H and O–H groups in total. The number of nitrogens with zero attached hydrogens (tertiary/aromatic N) is 1. The van der Waals surface area contributed by atoms with Gasteiger partial charge >= 0.3 is 0 Å². The minimum atomic E-state index is -0.254. The van der Waals surface area contributed by atoms with Crippen LogP contribution in [0.2, 0.25) is 10.0 Å². The number of hydrogen-bond donors (Lipinski definition) is 0. The van der Waals surface area contributed by atoms with E-state index in [1.54, 1.807) is 12.1 Å². The van der Waals surface area contributed by atoms with Gasteiger partial charge in [-0.2, -0.15) is 0 Å². The summed E-state index contributed by atoms with van der Waals surface area (Å²) in [5.74, 6) is -0.254. The Bertz CT molecular complexity index is 407. The molecule has 0 bridgehead atoms. The number of rotatable bonds is 4. The van der Waals surface area contributed by atoms with Crippen molar-refractivity contribution in [1.82, 2.24) is 0 Å². The Morgan fingerprint density at radius 3 is 2.56 bits per heavy atom. The standard InChI is InChI=1S/C11H11Cl2NO2/c1-2-3-11(16)14(7-15)8-4-5-9(12)10(13)6-8/h4-7H,2-3H2,1H3. The maximum Gasteiger partial charge on any atom is 0.233 e. The number of benzene rings is 1. The molecule has 5 heteroatoms. The van der Waals surface area contributed by atoms with Gasteiger partial charge < -0.3 is 0 Å². The van der Waals surface area contributed by atoms with E-state index in [-0.39, 0.29) is 5.91 Å². The molecule has 0 spiro atoms. The lowest BCUT2D eigenvalue weighted by atomic mass is 10.2. The molecule has 0 aromatic heterocycles. The van der Waals surface area contributed by atoms with E-state index in [0.29, 0.717) is 35.0 Å². The van der Waals surface area contributed by atoms with E-state index in [1.807, 2.05) is 6.92 Å². The molecule has 1 rings (SSSR count). The highest BCUT2D eigenvalue weighted by Gasteiger charge is 2.14. The molecule has 0 radical (unpaired) electrons. The van der Waals surface area contributed by atoms with E-state index in [9.17, 15) is 9.59 Å². The van der Waals surface area contributed by atoms with Crippen molar-refractivity contribution in [2.24, 2.45) is 0 Å². The Labute approximate surface area is 104 Å². The van der Waals surface area contributed by atoms with Crippen molar-refractivity contribution in [3.63, 3.8) is 0 Å². The lowest BCUT2D eigenvalue weighted by molar-refractivity contribution is -0.121. The van der Waals surface area contributed by atoms with Crippen LogP contribution in [0.15, 0.2) is 18.2 Å². The Morgan fingerprint density at radius 2 is 2.06 bits per heavy atom. The molecule has 0 saturated carbocycles. The van der Waals surface area contributed by atoms with E-state index in [1.165, 1.54) is 6.07 Å². The summed E-state index contributed by atoms with van der Waals surface area (Å²) in [6.07, 6.45) is 1.49. The summed E-state index contributed by atoms with van der Waals surface area (Å²) in [6, 6.07) is 4.62. The molecule has 1 aromatic rings. The summed E-state index contributed by atoms with van der Waals surface area (Å²) in [5, 5.41) is 0.703. The van der Waals surface area contributed by atoms with Gasteiger partial charge in [-0.1, -0.05) is 30.1 Å². The van der Waals surface area contributed by atoms with Crippen molar-refractivity contribution in [3.8, 4) is 0 Å². The molecule has 16 heavy (non-hydrogen) atoms. The third-order valence-corrected chi connectivity index (χ3v) is 2.76. The molecule has 2 amide bonds. The average Bonchev–Trinajstić information content (AvgIpc) is 2.25. The number of anilines is 1. The molecule has 0 aliphatic heterocycles. The van der Waals surface area contributed by atoms with Gasteiger partial charge in [0.1, 0.15) is 0 Å². The molecule has 0 heterocycles. The van der Waals surface area contributed by atoms with Crippen LogP contribution in [0.3, 0.4) is 0 Å². The Hall–Kier alpha value is -1.06. The minimum Gasteiger partial charge on any atom is -0.278 e. The van der Waals surface area contributed by atoms with Crippen molar-refractivity contribution in [3.05, 3.63) is 28.2 Å². The maximum atomic E-state index is 11.6. The predicted octanol–water partition coefficient (Wildman–Crippen LogP) is 3.28. The van der Waals surface area contributed by atoms with Crippen LogP contribution in [-0.2, 0) is 9.59 Å². The molecule has 0 aliphatic carbocycles. The van der Waals surface area contributed by atoms with Crippen LogP contribution in [0.4, 0.5) is 5.69 Å². The largest absolute Gasteiger partial charge is 0.278 e. The molecule has 0 atom stereocenters. The van der Waals surface area contributed by atoms with E-state index in [2.05, 4.69) is 0 Å². The zero-order valence-corrected chi connectivity index (χ0v) is 10.3. The van der Waals surface area contributed by atoms with Gasteiger partial charge in [0, 0.05) is 6.42 Å². The molecule has 0 aliphatic rings. The monoisotopic (exact) mass is 259 g/mol. The molecule has 3 nitrogen and oxygen atoms in total. The SMILES string of the molecule is CCCC(=O)N(C=O)c1ccc(Cl)c(Cl)c1. The summed E-state index contributed by atoms with van der Waals surface area (Å²) >= 11 is 11.6. The van der Waals surface area contributed by atoms with Crippen molar-refractivity contribution >= 4 is 41.2 Å². The molecule has 86 valence electrons. The fourth-order valence-corrected chi connectivity index (χ4v) is 1.53. The van der Waals surface area contributed by atoms with E-state index in [0.717, 1.165) is 4.90 Å². The van der Waals surface area contributed by atoms with Crippen molar-refractivity contribution in [1.29, 1.82) is 0 Å². The van der Waals surface area contributed by atoms with E-state index >= 15 is 0 Å². The molecule has 0 unspecified atom stereocenters. The Kier molecular flexibility index (Phi) is 4.77. The first kappa shape index (κ1) is 13.0. The van der Waals surface area contributed by atoms with E-state index < -0.39 is 0 Å². The lowest BCUT2D eigenvalue weighted by Gasteiger charge is -2.15. The first-order valence-electron chi connectivity index (χ1n) is 4.82. The predicted molar refractivity (Wildman–Crippen MR) is 64.9 cm³/mol. The summed E-state index contributed by atoms with van der Waals surface area (Å²) in [6.45, 7) is 1.87. The van der Waals surface area contributed by atoms with Crippen LogP contribution < -0.4 is 4.90 Å². The highest BCUT2D eigenvalue weighted by atomic mass is 35.5. The average molecular weight is 260 g/mol. The van der Waals surface area contributed by atoms with Gasteiger partial charge in [0.05, 0.1) is 15.7 Å². The third-order valence-electron chi connectivity index (χ3n) is 2.02. The molecule has 0 saturated heterocycles. The van der Waals surface area contributed by atoms with Gasteiger partial charge in [0.2, 0.25) is 12.3 Å². The summed E-state index contributed by atoms with van der Waals surface area (Å²) in [4.78, 5) is 23.5. The Morgan fingerprint density at radius 1 is 1.38 bits per heavy atom. The highest BCUT2D eigenvalue weighted by molar-refractivity contribution is 6.42. The van der Waals surface area contributed by atoms with Gasteiger partial charge in [0.15, 0.2) is 0 Å². The fourth-order valence-electron chi connectivity index (χ4n) is 1.23. The van der Waals surface area contributed by atoms with Crippen LogP contribution >= 0.6 is 23.2 Å².